The molecule has 0 N–H and O–H groups in total. The van der Waals surface area contributed by atoms with Crippen LogP contribution < -0.4 is 9.83 Å². The van der Waals surface area contributed by atoms with E-state index in [1.54, 1.807) is 0 Å². The molecule has 1 unspecified atom stereocenters. The second-order valence-electron chi connectivity index (χ2n) is 3.54. The van der Waals surface area contributed by atoms with Gasteiger partial charge in [-0.2, -0.15) is 0 Å². The number of hydrogen-bond donors (Lipinski definition) is 0. The molecule has 0 aliphatic carbocycles. The van der Waals surface area contributed by atoms with Gasteiger partial charge in [0.15, 0.2) is 14.2 Å². The molecule has 0 amide bonds. The lowest BCUT2D eigenvalue weighted by molar-refractivity contribution is 0.561. The zero-order valence-electron chi connectivity index (χ0n) is 8.46. The molecule has 16 heavy (non-hydrogen) atoms. The van der Waals surface area contributed by atoms with Crippen LogP contribution in [0.15, 0.2) is 48.5 Å². The maximum absolute atomic E-state index is 11.0. The minimum atomic E-state index is -1.15. The highest BCUT2D eigenvalue weighted by Crippen LogP contribution is 2.46. The van der Waals surface area contributed by atoms with Crippen LogP contribution in [-0.2, 0) is 4.79 Å². The normalized spacial score (nSPS) is 16.9. The van der Waals surface area contributed by atoms with Crippen molar-refractivity contribution in [1.29, 1.82) is 0 Å². The third-order valence-corrected chi connectivity index (χ3v) is 4.06. The molecule has 0 radical (unpaired) electrons. The molecule has 3 rings (SSSR count). The quantitative estimate of drug-likeness (QED) is 0.554. The predicted octanol–water partition coefficient (Wildman–Crippen LogP) is 2.96. The number of hydrogen-bond acceptors (Lipinski definition) is 2. The van der Waals surface area contributed by atoms with E-state index in [0.29, 0.717) is 0 Å². The molecular weight excluding hydrogens is 219 g/mol. The first kappa shape index (κ1) is 9.56. The van der Waals surface area contributed by atoms with E-state index < -0.39 is 8.15 Å². The molecule has 1 heterocycles. The van der Waals surface area contributed by atoms with Crippen LogP contribution in [0.4, 0.5) is 0 Å². The Bertz CT molecular complexity index is 551. The van der Waals surface area contributed by atoms with Crippen molar-refractivity contribution in [2.45, 2.75) is 0 Å². The largest absolute Gasteiger partial charge is 0.461 e. The standard InChI is InChI=1S/C13H9O2P/c14-9-16-13-8-4-2-6-11(13)10-5-1-3-7-12(10)15-16/h1-9H. The number of carbonyl (C=O) groups excluding carboxylic acids is 1. The van der Waals surface area contributed by atoms with Crippen LogP contribution in [0, 0.1) is 0 Å². The molecule has 1 aliphatic rings. The fraction of sp³-hybridized carbons (Fsp3) is 0. The second kappa shape index (κ2) is 3.73. The molecule has 0 bridgehead atoms. The number of para-hydroxylation sites is 1. The summed E-state index contributed by atoms with van der Waals surface area (Å²) >= 11 is 0. The monoisotopic (exact) mass is 228 g/mol. The summed E-state index contributed by atoms with van der Waals surface area (Å²) in [7, 11) is -1.15. The Balaban J connectivity index is 2.28. The van der Waals surface area contributed by atoms with Crippen molar-refractivity contribution in [1.82, 2.24) is 0 Å². The third-order valence-electron chi connectivity index (χ3n) is 2.61. The Morgan fingerprint density at radius 3 is 2.44 bits per heavy atom. The molecule has 2 aromatic rings. The van der Waals surface area contributed by atoms with Gasteiger partial charge in [0.05, 0.1) is 0 Å². The Labute approximate surface area is 94.7 Å². The van der Waals surface area contributed by atoms with Crippen LogP contribution in [-0.4, -0.2) is 6.03 Å². The van der Waals surface area contributed by atoms with Crippen molar-refractivity contribution in [2.75, 3.05) is 0 Å². The third kappa shape index (κ3) is 1.35. The van der Waals surface area contributed by atoms with Crippen LogP contribution in [0.2, 0.25) is 0 Å². The summed E-state index contributed by atoms with van der Waals surface area (Å²) in [5.41, 5.74) is 2.18. The lowest BCUT2D eigenvalue weighted by Gasteiger charge is -2.24. The van der Waals surface area contributed by atoms with E-state index in [-0.39, 0.29) is 0 Å². The number of carbonyl (C=O) groups is 1. The number of rotatable bonds is 1. The average Bonchev–Trinajstić information content (AvgIpc) is 2.38. The van der Waals surface area contributed by atoms with Crippen LogP contribution in [0.25, 0.3) is 11.1 Å². The number of benzene rings is 2. The first-order chi connectivity index (χ1) is 7.90. The summed E-state index contributed by atoms with van der Waals surface area (Å²) in [6.45, 7) is 0. The summed E-state index contributed by atoms with van der Waals surface area (Å²) in [6, 6.07) is 16.7. The molecule has 0 fully saturated rings. The molecule has 1 atom stereocenters. The van der Waals surface area contributed by atoms with E-state index >= 15 is 0 Å². The van der Waals surface area contributed by atoms with Crippen molar-refractivity contribution in [3.8, 4) is 16.9 Å². The van der Waals surface area contributed by atoms with Gasteiger partial charge < -0.3 is 4.52 Å². The first-order valence-electron chi connectivity index (χ1n) is 5.01. The smallest absolute Gasteiger partial charge is 0.186 e. The van der Waals surface area contributed by atoms with Gasteiger partial charge in [-0.3, -0.25) is 4.79 Å². The molecule has 78 valence electrons. The molecule has 2 aromatic carbocycles. The summed E-state index contributed by atoms with van der Waals surface area (Å²) in [4.78, 5) is 11.0. The zero-order valence-corrected chi connectivity index (χ0v) is 9.35. The highest BCUT2D eigenvalue weighted by molar-refractivity contribution is 7.75. The summed E-state index contributed by atoms with van der Waals surface area (Å²) < 4.78 is 5.70. The zero-order chi connectivity index (χ0) is 11.0. The lowest BCUT2D eigenvalue weighted by atomic mass is 10.0. The van der Waals surface area contributed by atoms with Crippen LogP contribution in [0.3, 0.4) is 0 Å². The van der Waals surface area contributed by atoms with Crippen molar-refractivity contribution in [2.24, 2.45) is 0 Å². The molecule has 0 saturated carbocycles. The minimum Gasteiger partial charge on any atom is -0.461 e. The van der Waals surface area contributed by atoms with E-state index in [1.807, 2.05) is 48.5 Å². The van der Waals surface area contributed by atoms with E-state index in [9.17, 15) is 4.79 Å². The van der Waals surface area contributed by atoms with Gasteiger partial charge in [-0.05, 0) is 11.6 Å². The second-order valence-corrected chi connectivity index (χ2v) is 5.06. The summed E-state index contributed by atoms with van der Waals surface area (Å²) in [5, 5.41) is 1.01. The average molecular weight is 228 g/mol. The fourth-order valence-corrected chi connectivity index (χ4v) is 3.19. The molecule has 0 aromatic heterocycles. The maximum Gasteiger partial charge on any atom is 0.186 e. The van der Waals surface area contributed by atoms with Crippen molar-refractivity contribution < 1.29 is 9.32 Å². The molecular formula is C13H9O2P. The van der Waals surface area contributed by atoms with E-state index in [0.717, 1.165) is 28.2 Å². The maximum atomic E-state index is 11.0. The number of fused-ring (bicyclic) bond motifs is 3. The molecule has 1 aliphatic heterocycles. The lowest BCUT2D eigenvalue weighted by Crippen LogP contribution is -2.14. The van der Waals surface area contributed by atoms with Crippen LogP contribution in [0.5, 0.6) is 5.75 Å². The topological polar surface area (TPSA) is 26.3 Å². The van der Waals surface area contributed by atoms with Gasteiger partial charge in [-0.25, -0.2) is 0 Å². The van der Waals surface area contributed by atoms with Gasteiger partial charge in [0.2, 0.25) is 0 Å². The van der Waals surface area contributed by atoms with Crippen LogP contribution in [0.1, 0.15) is 0 Å². The Kier molecular flexibility index (Phi) is 2.23. The molecule has 0 spiro atoms. The molecule has 2 nitrogen and oxygen atoms in total. The van der Waals surface area contributed by atoms with E-state index in [1.165, 1.54) is 0 Å². The SMILES string of the molecule is O=CP1Oc2ccccc2-c2ccccc21. The summed E-state index contributed by atoms with van der Waals surface area (Å²) in [6.07, 6.45) is 0. The van der Waals surface area contributed by atoms with Gasteiger partial charge in [-0.15, -0.1) is 0 Å². The highest BCUT2D eigenvalue weighted by Gasteiger charge is 2.25. The highest BCUT2D eigenvalue weighted by atomic mass is 31.1. The van der Waals surface area contributed by atoms with E-state index in [4.69, 9.17) is 4.52 Å². The predicted molar refractivity (Wildman–Crippen MR) is 65.8 cm³/mol. The first-order valence-corrected chi connectivity index (χ1v) is 6.34. The van der Waals surface area contributed by atoms with E-state index in [2.05, 4.69) is 0 Å². The van der Waals surface area contributed by atoms with Crippen molar-refractivity contribution in [3.05, 3.63) is 48.5 Å². The van der Waals surface area contributed by atoms with Crippen molar-refractivity contribution >= 4 is 19.5 Å². The van der Waals surface area contributed by atoms with Crippen molar-refractivity contribution in [3.63, 3.8) is 0 Å². The summed E-state index contributed by atoms with van der Waals surface area (Å²) in [5.74, 6) is 0.805. The Morgan fingerprint density at radius 1 is 0.938 bits per heavy atom. The van der Waals surface area contributed by atoms with Gasteiger partial charge in [0.25, 0.3) is 0 Å². The molecule has 3 heteroatoms. The van der Waals surface area contributed by atoms with Gasteiger partial charge >= 0.3 is 0 Å². The van der Waals surface area contributed by atoms with Crippen LogP contribution >= 0.6 is 8.15 Å². The Morgan fingerprint density at radius 2 is 1.62 bits per heavy atom. The fourth-order valence-electron chi connectivity index (χ4n) is 1.90. The minimum absolute atomic E-state index is 0.805. The van der Waals surface area contributed by atoms with Gasteiger partial charge in [0.1, 0.15) is 5.75 Å². The van der Waals surface area contributed by atoms with Gasteiger partial charge in [0, 0.05) is 10.9 Å². The van der Waals surface area contributed by atoms with Gasteiger partial charge in [-0.1, -0.05) is 42.5 Å². The Hall–Kier alpha value is -1.66. The molecule has 0 saturated heterocycles.